The maximum atomic E-state index is 4.85. The van der Waals surface area contributed by atoms with Gasteiger partial charge < -0.3 is 0 Å². The predicted molar refractivity (Wildman–Crippen MR) is 104 cm³/mol. The van der Waals surface area contributed by atoms with Crippen LogP contribution in [0.1, 0.15) is 30.7 Å². The van der Waals surface area contributed by atoms with Crippen LogP contribution in [0.2, 0.25) is 0 Å². The van der Waals surface area contributed by atoms with Gasteiger partial charge in [0.25, 0.3) is 0 Å². The fourth-order valence-corrected chi connectivity index (χ4v) is 3.50. The summed E-state index contributed by atoms with van der Waals surface area (Å²) in [6, 6.07) is 20.4. The maximum absolute atomic E-state index is 4.85. The second kappa shape index (κ2) is 6.32. The highest BCUT2D eigenvalue weighted by molar-refractivity contribution is 5.89. The zero-order valence-electron chi connectivity index (χ0n) is 14.9. The van der Waals surface area contributed by atoms with E-state index in [-0.39, 0.29) is 5.92 Å². The highest BCUT2D eigenvalue weighted by Gasteiger charge is 2.19. The van der Waals surface area contributed by atoms with Gasteiger partial charge in [0.1, 0.15) is 6.33 Å². The van der Waals surface area contributed by atoms with Crippen LogP contribution in [-0.4, -0.2) is 29.4 Å². The Labute approximate surface area is 156 Å². The van der Waals surface area contributed by atoms with E-state index in [9.17, 15) is 0 Å². The molecule has 0 saturated heterocycles. The van der Waals surface area contributed by atoms with Gasteiger partial charge in [-0.25, -0.2) is 19.2 Å². The minimum atomic E-state index is 0.158. The van der Waals surface area contributed by atoms with Gasteiger partial charge in [-0.15, -0.1) is 5.10 Å². The Bertz CT molecular complexity index is 1210. The average Bonchev–Trinajstić information content (AvgIpc) is 3.34. The van der Waals surface area contributed by atoms with Crippen molar-refractivity contribution >= 4 is 16.7 Å². The second-order valence-corrected chi connectivity index (χ2v) is 6.48. The number of nitrogens with zero attached hydrogens (tertiary/aromatic N) is 6. The number of rotatable bonds is 4. The molecule has 0 radical (unpaired) electrons. The van der Waals surface area contributed by atoms with Crippen molar-refractivity contribution < 1.29 is 0 Å². The summed E-state index contributed by atoms with van der Waals surface area (Å²) >= 11 is 0. The lowest BCUT2D eigenvalue weighted by atomic mass is 9.96. The van der Waals surface area contributed by atoms with E-state index in [1.807, 2.05) is 47.3 Å². The van der Waals surface area contributed by atoms with Crippen LogP contribution in [0.5, 0.6) is 0 Å². The molecule has 6 nitrogen and oxygen atoms in total. The number of hydrogen-bond acceptors (Lipinski definition) is 4. The zero-order valence-corrected chi connectivity index (χ0v) is 14.9. The lowest BCUT2D eigenvalue weighted by Crippen LogP contribution is -2.02. The molecule has 6 heteroatoms. The Morgan fingerprint density at radius 2 is 1.67 bits per heavy atom. The monoisotopic (exact) mass is 354 g/mol. The third kappa shape index (κ3) is 2.57. The maximum Gasteiger partial charge on any atom is 0.170 e. The number of para-hydroxylation sites is 1. The van der Waals surface area contributed by atoms with Crippen molar-refractivity contribution in [1.82, 2.24) is 29.4 Å². The first-order valence-corrected chi connectivity index (χ1v) is 9.04. The number of fused-ring (bicyclic) bond motifs is 3. The molecule has 132 valence electrons. The van der Waals surface area contributed by atoms with Gasteiger partial charge in [-0.3, -0.25) is 0 Å². The average molecular weight is 354 g/mol. The van der Waals surface area contributed by atoms with Crippen LogP contribution in [-0.2, 0) is 0 Å². The first-order chi connectivity index (χ1) is 13.3. The van der Waals surface area contributed by atoms with Crippen molar-refractivity contribution in [1.29, 1.82) is 0 Å². The molecule has 1 atom stereocenters. The summed E-state index contributed by atoms with van der Waals surface area (Å²) in [4.78, 5) is 9.43. The van der Waals surface area contributed by atoms with Crippen LogP contribution in [0.4, 0.5) is 0 Å². The molecule has 0 aliphatic rings. The molecule has 0 spiro atoms. The Balaban J connectivity index is 1.66. The summed E-state index contributed by atoms with van der Waals surface area (Å²) in [5, 5.41) is 10.1. The minimum absolute atomic E-state index is 0.158. The van der Waals surface area contributed by atoms with Gasteiger partial charge in [0.15, 0.2) is 17.1 Å². The molecule has 0 bridgehead atoms. The van der Waals surface area contributed by atoms with Crippen molar-refractivity contribution in [3.8, 4) is 5.69 Å². The molecule has 3 aromatic heterocycles. The molecule has 0 aliphatic heterocycles. The van der Waals surface area contributed by atoms with E-state index in [2.05, 4.69) is 41.3 Å². The molecule has 0 saturated carbocycles. The van der Waals surface area contributed by atoms with E-state index in [1.165, 1.54) is 5.56 Å². The lowest BCUT2D eigenvalue weighted by Gasteiger charge is -2.10. The van der Waals surface area contributed by atoms with E-state index < -0.39 is 0 Å². The molecule has 5 rings (SSSR count). The van der Waals surface area contributed by atoms with Gasteiger partial charge in [0, 0.05) is 5.92 Å². The van der Waals surface area contributed by atoms with E-state index in [0.29, 0.717) is 0 Å². The Hall–Kier alpha value is -3.54. The van der Waals surface area contributed by atoms with Crippen molar-refractivity contribution in [3.63, 3.8) is 0 Å². The number of hydrogen-bond donors (Lipinski definition) is 0. The summed E-state index contributed by atoms with van der Waals surface area (Å²) in [6.45, 7) is 2.16. The number of aromatic nitrogens is 6. The van der Waals surface area contributed by atoms with Crippen LogP contribution in [0, 0.1) is 0 Å². The van der Waals surface area contributed by atoms with Crippen molar-refractivity contribution in [2.45, 2.75) is 19.3 Å². The molecular formula is C21H18N6. The van der Waals surface area contributed by atoms with E-state index >= 15 is 0 Å². The Morgan fingerprint density at radius 1 is 0.926 bits per heavy atom. The van der Waals surface area contributed by atoms with Gasteiger partial charge in [0.05, 0.1) is 17.3 Å². The summed E-state index contributed by atoms with van der Waals surface area (Å²) in [6.07, 6.45) is 4.46. The van der Waals surface area contributed by atoms with Gasteiger partial charge in [-0.1, -0.05) is 55.5 Å². The Kier molecular flexibility index (Phi) is 3.67. The van der Waals surface area contributed by atoms with Crippen LogP contribution < -0.4 is 0 Å². The lowest BCUT2D eigenvalue weighted by molar-refractivity contribution is 0.711. The van der Waals surface area contributed by atoms with Gasteiger partial charge in [-0.05, 0) is 24.1 Å². The fraction of sp³-hybridized carbons (Fsp3) is 0.143. The summed E-state index contributed by atoms with van der Waals surface area (Å²) in [5.74, 6) is 0.968. The highest BCUT2D eigenvalue weighted by atomic mass is 15.3. The van der Waals surface area contributed by atoms with E-state index in [1.54, 1.807) is 10.8 Å². The molecule has 3 heterocycles. The molecule has 0 aliphatic carbocycles. The van der Waals surface area contributed by atoms with Crippen molar-refractivity contribution in [2.75, 3.05) is 0 Å². The molecule has 27 heavy (non-hydrogen) atoms. The minimum Gasteiger partial charge on any atom is -0.216 e. The van der Waals surface area contributed by atoms with E-state index in [4.69, 9.17) is 10.1 Å². The SMILES string of the molecule is CCC(c1ccccc1)c1nc2c3cnn(-c4ccccc4)c3ncn2n1. The standard InChI is InChI=1S/C21H18N6/c1-2-17(15-9-5-3-6-10-15)19-24-21-18-13-23-27(16-11-7-4-8-12-16)20(18)22-14-26(21)25-19/h3-14,17H,2H2,1H3. The topological polar surface area (TPSA) is 60.9 Å². The normalized spacial score (nSPS) is 12.6. The van der Waals surface area contributed by atoms with Crippen molar-refractivity contribution in [3.05, 3.63) is 84.6 Å². The van der Waals surface area contributed by atoms with Crippen LogP contribution in [0.15, 0.2) is 73.2 Å². The first-order valence-electron chi connectivity index (χ1n) is 9.04. The van der Waals surface area contributed by atoms with E-state index in [0.717, 1.165) is 34.6 Å². The van der Waals surface area contributed by atoms with Crippen molar-refractivity contribution in [2.24, 2.45) is 0 Å². The fourth-order valence-electron chi connectivity index (χ4n) is 3.50. The molecule has 5 aromatic rings. The predicted octanol–water partition coefficient (Wildman–Crippen LogP) is 4.01. The van der Waals surface area contributed by atoms with Gasteiger partial charge >= 0.3 is 0 Å². The molecule has 0 fully saturated rings. The highest BCUT2D eigenvalue weighted by Crippen LogP contribution is 2.27. The Morgan fingerprint density at radius 3 is 2.41 bits per heavy atom. The third-order valence-electron chi connectivity index (χ3n) is 4.84. The molecular weight excluding hydrogens is 336 g/mol. The molecule has 0 amide bonds. The van der Waals surface area contributed by atoms with Crippen LogP contribution >= 0.6 is 0 Å². The van der Waals surface area contributed by atoms with Crippen LogP contribution in [0.25, 0.3) is 22.4 Å². The quantitative estimate of drug-likeness (QED) is 0.489. The molecule has 2 aromatic carbocycles. The summed E-state index contributed by atoms with van der Waals surface area (Å²) in [5.41, 5.74) is 3.76. The van der Waals surface area contributed by atoms with Crippen LogP contribution in [0.3, 0.4) is 0 Å². The van der Waals surface area contributed by atoms with Gasteiger partial charge in [-0.2, -0.15) is 5.10 Å². The smallest absolute Gasteiger partial charge is 0.170 e. The second-order valence-electron chi connectivity index (χ2n) is 6.48. The first kappa shape index (κ1) is 15.7. The molecule has 0 N–H and O–H groups in total. The third-order valence-corrected chi connectivity index (χ3v) is 4.84. The summed E-state index contributed by atoms with van der Waals surface area (Å²) in [7, 11) is 0. The van der Waals surface area contributed by atoms with Gasteiger partial charge in [0.2, 0.25) is 0 Å². The number of benzene rings is 2. The largest absolute Gasteiger partial charge is 0.216 e. The summed E-state index contributed by atoms with van der Waals surface area (Å²) < 4.78 is 3.58. The molecule has 1 unspecified atom stereocenters. The zero-order chi connectivity index (χ0) is 18.2.